The van der Waals surface area contributed by atoms with Crippen LogP contribution in [0.1, 0.15) is 27.0 Å². The molecule has 0 spiro atoms. The molecule has 0 saturated carbocycles. The summed E-state index contributed by atoms with van der Waals surface area (Å²) in [6, 6.07) is 15.1. The predicted octanol–water partition coefficient (Wildman–Crippen LogP) is 2.60. The fourth-order valence-electron chi connectivity index (χ4n) is 1.59. The molecule has 22 heavy (non-hydrogen) atoms. The monoisotopic (exact) mass is 294 g/mol. The first kappa shape index (κ1) is 16.9. The number of hydrogen-bond acceptors (Lipinski definition) is 4. The Morgan fingerprint density at radius 2 is 1.27 bits per heavy atom. The molecule has 4 heteroatoms. The summed E-state index contributed by atoms with van der Waals surface area (Å²) in [4.78, 5) is 27.5. The van der Waals surface area contributed by atoms with E-state index >= 15 is 0 Å². The fraction of sp³-hybridized carbons (Fsp3) is 0.111. The summed E-state index contributed by atoms with van der Waals surface area (Å²) in [5.74, 6) is 5.81. The molecular weight excluding hydrogens is 280 g/mol. The van der Waals surface area contributed by atoms with E-state index in [4.69, 9.17) is 9.59 Å². The van der Waals surface area contributed by atoms with Crippen LogP contribution in [0, 0.1) is 18.8 Å². The van der Waals surface area contributed by atoms with Crippen LogP contribution in [0.4, 0.5) is 0 Å². The number of carbonyl (C=O) groups excluding carboxylic acids is 3. The second-order valence-corrected chi connectivity index (χ2v) is 4.27. The van der Waals surface area contributed by atoms with Crippen LogP contribution in [0.2, 0.25) is 0 Å². The van der Waals surface area contributed by atoms with Gasteiger partial charge in [-0.1, -0.05) is 29.5 Å². The van der Waals surface area contributed by atoms with Crippen LogP contribution in [0.15, 0.2) is 48.5 Å². The summed E-state index contributed by atoms with van der Waals surface area (Å²) in [7, 11) is 1.37. The van der Waals surface area contributed by atoms with Crippen LogP contribution < -0.4 is 0 Å². The van der Waals surface area contributed by atoms with Crippen molar-refractivity contribution in [3.63, 3.8) is 0 Å². The van der Waals surface area contributed by atoms with Gasteiger partial charge in [0.15, 0.2) is 0 Å². The fourth-order valence-corrected chi connectivity index (χ4v) is 1.59. The zero-order valence-electron chi connectivity index (χ0n) is 12.3. The van der Waals surface area contributed by atoms with E-state index in [-0.39, 0.29) is 12.1 Å². The molecule has 0 amide bonds. The first-order chi connectivity index (χ1) is 10.6. The van der Waals surface area contributed by atoms with Crippen LogP contribution in [0.25, 0.3) is 0 Å². The first-order valence-electron chi connectivity index (χ1n) is 6.37. The van der Waals surface area contributed by atoms with Gasteiger partial charge in [-0.05, 0) is 43.3 Å². The minimum absolute atomic E-state index is 0.250. The number of rotatable bonds is 1. The van der Waals surface area contributed by atoms with Crippen LogP contribution in [-0.4, -0.2) is 19.2 Å². The molecule has 0 saturated heterocycles. The molecule has 0 atom stereocenters. The van der Waals surface area contributed by atoms with Gasteiger partial charge in [0.1, 0.15) is 0 Å². The Morgan fingerprint density at radius 1 is 0.864 bits per heavy atom. The SMILES string of the molecule is COC(=O)c1ccc(C#Cc2ccc(C)cc2)cc1.O=C=O. The van der Waals surface area contributed by atoms with Gasteiger partial charge in [-0.15, -0.1) is 0 Å². The van der Waals surface area contributed by atoms with Gasteiger partial charge >= 0.3 is 12.1 Å². The minimum Gasteiger partial charge on any atom is -0.465 e. The average molecular weight is 294 g/mol. The molecular formula is C18H14O4. The Balaban J connectivity index is 0.000000745. The lowest BCUT2D eigenvalue weighted by molar-refractivity contribution is -0.191. The highest BCUT2D eigenvalue weighted by molar-refractivity contribution is 5.89. The van der Waals surface area contributed by atoms with E-state index < -0.39 is 0 Å². The highest BCUT2D eigenvalue weighted by Gasteiger charge is 2.02. The predicted molar refractivity (Wildman–Crippen MR) is 79.9 cm³/mol. The third-order valence-electron chi connectivity index (χ3n) is 2.71. The van der Waals surface area contributed by atoms with Crippen molar-refractivity contribution in [2.75, 3.05) is 7.11 Å². The lowest BCUT2D eigenvalue weighted by Crippen LogP contribution is -2.00. The first-order valence-corrected chi connectivity index (χ1v) is 6.37. The maximum absolute atomic E-state index is 11.3. The Morgan fingerprint density at radius 3 is 1.68 bits per heavy atom. The second-order valence-electron chi connectivity index (χ2n) is 4.27. The largest absolute Gasteiger partial charge is 0.465 e. The molecule has 110 valence electrons. The summed E-state index contributed by atoms with van der Waals surface area (Å²) in [5.41, 5.74) is 3.59. The second kappa shape index (κ2) is 8.91. The maximum atomic E-state index is 11.3. The van der Waals surface area contributed by atoms with Crippen molar-refractivity contribution in [2.45, 2.75) is 6.92 Å². The maximum Gasteiger partial charge on any atom is 0.373 e. The molecule has 0 heterocycles. The zero-order chi connectivity index (χ0) is 16.4. The molecule has 4 nitrogen and oxygen atoms in total. The van der Waals surface area contributed by atoms with Gasteiger partial charge in [-0.3, -0.25) is 0 Å². The van der Waals surface area contributed by atoms with Crippen molar-refractivity contribution in [1.82, 2.24) is 0 Å². The smallest absolute Gasteiger partial charge is 0.373 e. The molecule has 2 aromatic carbocycles. The highest BCUT2D eigenvalue weighted by atomic mass is 16.5. The Labute approximate surface area is 128 Å². The molecule has 0 unspecified atom stereocenters. The number of carbonyl (C=O) groups is 1. The quantitative estimate of drug-likeness (QED) is 0.599. The van der Waals surface area contributed by atoms with Gasteiger partial charge in [0, 0.05) is 11.1 Å². The molecule has 0 N–H and O–H groups in total. The Hall–Kier alpha value is -3.15. The summed E-state index contributed by atoms with van der Waals surface area (Å²) >= 11 is 0. The van der Waals surface area contributed by atoms with E-state index in [1.54, 1.807) is 12.1 Å². The lowest BCUT2D eigenvalue weighted by Gasteiger charge is -1.98. The molecule has 0 fully saturated rings. The van der Waals surface area contributed by atoms with Crippen molar-refractivity contribution in [2.24, 2.45) is 0 Å². The van der Waals surface area contributed by atoms with Crippen LogP contribution in [0.5, 0.6) is 0 Å². The molecule has 0 radical (unpaired) electrons. The molecule has 0 bridgehead atoms. The van der Waals surface area contributed by atoms with Gasteiger partial charge in [-0.25, -0.2) is 4.79 Å². The summed E-state index contributed by atoms with van der Waals surface area (Å²) < 4.78 is 4.64. The third-order valence-corrected chi connectivity index (χ3v) is 2.71. The van der Waals surface area contributed by atoms with Crippen molar-refractivity contribution >= 4 is 12.1 Å². The van der Waals surface area contributed by atoms with E-state index in [2.05, 4.69) is 16.6 Å². The number of esters is 1. The van der Waals surface area contributed by atoms with Gasteiger partial charge in [0.2, 0.25) is 0 Å². The Kier molecular flexibility index (Phi) is 6.85. The van der Waals surface area contributed by atoms with Crippen LogP contribution in [0.3, 0.4) is 0 Å². The summed E-state index contributed by atoms with van der Waals surface area (Å²) in [5, 5.41) is 0. The van der Waals surface area contributed by atoms with E-state index in [0.717, 1.165) is 11.1 Å². The molecule has 0 aromatic heterocycles. The zero-order valence-corrected chi connectivity index (χ0v) is 12.3. The topological polar surface area (TPSA) is 60.4 Å². The Bertz CT molecular complexity index is 710. The molecule has 2 aromatic rings. The van der Waals surface area contributed by atoms with Crippen molar-refractivity contribution in [1.29, 1.82) is 0 Å². The number of hydrogen-bond donors (Lipinski definition) is 0. The van der Waals surface area contributed by atoms with E-state index in [9.17, 15) is 4.79 Å². The number of benzene rings is 2. The van der Waals surface area contributed by atoms with Gasteiger partial charge < -0.3 is 4.74 Å². The standard InChI is InChI=1S/C17H14O2.CO2/c1-13-3-5-14(6-4-13)7-8-15-9-11-16(12-10-15)17(18)19-2;2-1-3/h3-6,9-12H,1-2H3;. The molecule has 0 aliphatic heterocycles. The highest BCUT2D eigenvalue weighted by Crippen LogP contribution is 2.06. The van der Waals surface area contributed by atoms with Crippen molar-refractivity contribution in [3.05, 3.63) is 70.8 Å². The van der Waals surface area contributed by atoms with Gasteiger partial charge in [0.25, 0.3) is 0 Å². The summed E-state index contributed by atoms with van der Waals surface area (Å²) in [6.45, 7) is 2.04. The normalized spacial score (nSPS) is 8.45. The number of aryl methyl sites for hydroxylation is 1. The van der Waals surface area contributed by atoms with E-state index in [1.807, 2.05) is 43.3 Å². The average Bonchev–Trinajstić information content (AvgIpc) is 2.55. The molecule has 0 aliphatic carbocycles. The van der Waals surface area contributed by atoms with Gasteiger partial charge in [-0.2, -0.15) is 9.59 Å². The minimum atomic E-state index is -0.335. The lowest BCUT2D eigenvalue weighted by atomic mass is 10.1. The van der Waals surface area contributed by atoms with Crippen LogP contribution >= 0.6 is 0 Å². The molecule has 2 rings (SSSR count). The molecule has 0 aliphatic rings. The van der Waals surface area contributed by atoms with Crippen molar-refractivity contribution < 1.29 is 19.1 Å². The van der Waals surface area contributed by atoms with Gasteiger partial charge in [0.05, 0.1) is 12.7 Å². The van der Waals surface area contributed by atoms with Crippen LogP contribution in [-0.2, 0) is 14.3 Å². The van der Waals surface area contributed by atoms with Crippen molar-refractivity contribution in [3.8, 4) is 11.8 Å². The third kappa shape index (κ3) is 5.46. The summed E-state index contributed by atoms with van der Waals surface area (Å²) in [6.07, 6.45) is 0.250. The van der Waals surface area contributed by atoms with E-state index in [1.165, 1.54) is 12.7 Å². The number of ether oxygens (including phenoxy) is 1. The van der Waals surface area contributed by atoms with E-state index in [0.29, 0.717) is 5.56 Å². The number of methoxy groups -OCH3 is 1.